The maximum atomic E-state index is 11.1. The molecule has 3 fully saturated rings. The van der Waals surface area contributed by atoms with Crippen LogP contribution in [0.2, 0.25) is 0 Å². The van der Waals surface area contributed by atoms with Gasteiger partial charge in [0.1, 0.15) is 0 Å². The van der Waals surface area contributed by atoms with Crippen LogP contribution in [0.1, 0.15) is 53.4 Å². The van der Waals surface area contributed by atoms with Crippen LogP contribution in [0.15, 0.2) is 12.2 Å². The molecule has 3 saturated carbocycles. The quantitative estimate of drug-likeness (QED) is 0.643. The standard InChI is InChI=1S/C15H24O/c1-11(16)5-6-13-14(2,3)12-7-9-15(13,4)10-8-12/h5-6,12-13H,7-10H2,1-4H3/b6-5+. The van der Waals surface area contributed by atoms with Crippen LogP contribution >= 0.6 is 0 Å². The summed E-state index contributed by atoms with van der Waals surface area (Å²) in [6.07, 6.45) is 9.44. The molecule has 0 aromatic heterocycles. The molecule has 0 aromatic rings. The lowest BCUT2D eigenvalue weighted by atomic mass is 9.46. The molecule has 1 heteroatoms. The first kappa shape index (κ1) is 11.9. The van der Waals surface area contributed by atoms with Crippen LogP contribution in [0.5, 0.6) is 0 Å². The molecule has 3 aliphatic carbocycles. The van der Waals surface area contributed by atoms with Crippen LogP contribution < -0.4 is 0 Å². The fourth-order valence-electron chi connectivity index (χ4n) is 4.20. The van der Waals surface area contributed by atoms with Gasteiger partial charge in [0.25, 0.3) is 0 Å². The number of rotatable bonds is 2. The second kappa shape index (κ2) is 3.72. The average molecular weight is 220 g/mol. The van der Waals surface area contributed by atoms with E-state index < -0.39 is 0 Å². The summed E-state index contributed by atoms with van der Waals surface area (Å²) in [5.41, 5.74) is 0.807. The van der Waals surface area contributed by atoms with Gasteiger partial charge < -0.3 is 0 Å². The Morgan fingerprint density at radius 2 is 1.75 bits per heavy atom. The molecule has 0 aromatic carbocycles. The van der Waals surface area contributed by atoms with Crippen LogP contribution in [-0.4, -0.2) is 5.78 Å². The van der Waals surface area contributed by atoms with Gasteiger partial charge in [-0.2, -0.15) is 0 Å². The van der Waals surface area contributed by atoms with Crippen molar-refractivity contribution in [2.45, 2.75) is 53.4 Å². The lowest BCUT2D eigenvalue weighted by Gasteiger charge is -2.59. The summed E-state index contributed by atoms with van der Waals surface area (Å²) < 4.78 is 0. The monoisotopic (exact) mass is 220 g/mol. The van der Waals surface area contributed by atoms with Crippen molar-refractivity contribution in [1.82, 2.24) is 0 Å². The van der Waals surface area contributed by atoms with E-state index in [9.17, 15) is 4.79 Å². The first-order valence-electron chi connectivity index (χ1n) is 6.55. The fourth-order valence-corrected chi connectivity index (χ4v) is 4.20. The largest absolute Gasteiger partial charge is 0.295 e. The molecule has 3 rings (SSSR count). The Morgan fingerprint density at radius 1 is 1.19 bits per heavy atom. The zero-order valence-corrected chi connectivity index (χ0v) is 11.0. The highest BCUT2D eigenvalue weighted by atomic mass is 16.1. The second-order valence-corrected chi connectivity index (χ2v) is 6.70. The van der Waals surface area contributed by atoms with Crippen LogP contribution in [0.25, 0.3) is 0 Å². The van der Waals surface area contributed by atoms with Crippen molar-refractivity contribution < 1.29 is 4.79 Å². The number of carbonyl (C=O) groups excluding carboxylic acids is 1. The highest BCUT2D eigenvalue weighted by Crippen LogP contribution is 2.62. The molecular weight excluding hydrogens is 196 g/mol. The molecule has 0 N–H and O–H groups in total. The lowest BCUT2D eigenvalue weighted by molar-refractivity contribution is -0.112. The molecule has 0 aliphatic heterocycles. The smallest absolute Gasteiger partial charge is 0.152 e. The molecule has 0 saturated heterocycles. The summed E-state index contributed by atoms with van der Waals surface area (Å²) in [5.74, 6) is 1.62. The molecule has 3 aliphatic rings. The third-order valence-electron chi connectivity index (χ3n) is 5.26. The first-order chi connectivity index (χ1) is 7.36. The van der Waals surface area contributed by atoms with Crippen LogP contribution in [0, 0.1) is 22.7 Å². The molecule has 2 bridgehead atoms. The normalized spacial score (nSPS) is 41.5. The Kier molecular flexibility index (Phi) is 2.76. The predicted octanol–water partition coefficient (Wildman–Crippen LogP) is 3.98. The zero-order chi connectivity index (χ0) is 12.0. The number of ketones is 1. The molecule has 1 nitrogen and oxygen atoms in total. The third kappa shape index (κ3) is 1.74. The first-order valence-corrected chi connectivity index (χ1v) is 6.55. The molecule has 16 heavy (non-hydrogen) atoms. The van der Waals surface area contributed by atoms with E-state index in [1.54, 1.807) is 13.0 Å². The van der Waals surface area contributed by atoms with E-state index in [0.29, 0.717) is 16.7 Å². The molecule has 1 unspecified atom stereocenters. The van der Waals surface area contributed by atoms with Crippen LogP contribution in [-0.2, 0) is 4.79 Å². The van der Waals surface area contributed by atoms with Crippen molar-refractivity contribution in [3.8, 4) is 0 Å². The van der Waals surface area contributed by atoms with Gasteiger partial charge in [0.05, 0.1) is 0 Å². The maximum Gasteiger partial charge on any atom is 0.152 e. The van der Waals surface area contributed by atoms with Crippen LogP contribution in [0.4, 0.5) is 0 Å². The average Bonchev–Trinajstić information content (AvgIpc) is 2.15. The zero-order valence-electron chi connectivity index (χ0n) is 11.0. The van der Waals surface area contributed by atoms with Gasteiger partial charge in [0, 0.05) is 0 Å². The summed E-state index contributed by atoms with van der Waals surface area (Å²) in [5, 5.41) is 0. The number of hydrogen-bond acceptors (Lipinski definition) is 1. The topological polar surface area (TPSA) is 17.1 Å². The van der Waals surface area contributed by atoms with Crippen molar-refractivity contribution in [2.75, 3.05) is 0 Å². The third-order valence-corrected chi connectivity index (χ3v) is 5.26. The minimum Gasteiger partial charge on any atom is -0.295 e. The SMILES string of the molecule is CC(=O)/C=C/C1C2(C)CCC(CC2)C1(C)C. The number of fused-ring (bicyclic) bond motifs is 3. The predicted molar refractivity (Wildman–Crippen MR) is 67.2 cm³/mol. The Morgan fingerprint density at radius 3 is 2.19 bits per heavy atom. The van der Waals surface area contributed by atoms with Gasteiger partial charge in [-0.3, -0.25) is 4.79 Å². The number of carbonyl (C=O) groups is 1. The van der Waals surface area contributed by atoms with Crippen molar-refractivity contribution >= 4 is 5.78 Å². The number of allylic oxidation sites excluding steroid dienone is 2. The van der Waals surface area contributed by atoms with Crippen molar-refractivity contribution in [3.05, 3.63) is 12.2 Å². The van der Waals surface area contributed by atoms with Gasteiger partial charge in [-0.05, 0) is 61.3 Å². The lowest BCUT2D eigenvalue weighted by Crippen LogP contribution is -2.51. The summed E-state index contributed by atoms with van der Waals surface area (Å²) >= 11 is 0. The molecule has 0 amide bonds. The molecule has 0 heterocycles. The van der Waals surface area contributed by atoms with Gasteiger partial charge in [-0.1, -0.05) is 26.8 Å². The van der Waals surface area contributed by atoms with E-state index in [2.05, 4.69) is 26.8 Å². The van der Waals surface area contributed by atoms with E-state index in [4.69, 9.17) is 0 Å². The fraction of sp³-hybridized carbons (Fsp3) is 0.800. The van der Waals surface area contributed by atoms with Crippen molar-refractivity contribution in [2.24, 2.45) is 22.7 Å². The molecule has 1 atom stereocenters. The minimum atomic E-state index is 0.181. The van der Waals surface area contributed by atoms with Crippen molar-refractivity contribution in [1.29, 1.82) is 0 Å². The summed E-state index contributed by atoms with van der Waals surface area (Å²) in [6, 6.07) is 0. The second-order valence-electron chi connectivity index (χ2n) is 6.70. The Hall–Kier alpha value is -0.590. The van der Waals surface area contributed by atoms with E-state index in [-0.39, 0.29) is 5.78 Å². The Labute approximate surface area is 99.3 Å². The summed E-state index contributed by atoms with van der Waals surface area (Å²) in [6.45, 7) is 8.85. The van der Waals surface area contributed by atoms with E-state index >= 15 is 0 Å². The van der Waals surface area contributed by atoms with Gasteiger partial charge in [0.2, 0.25) is 0 Å². The summed E-state index contributed by atoms with van der Waals surface area (Å²) in [4.78, 5) is 11.1. The van der Waals surface area contributed by atoms with Gasteiger partial charge in [-0.25, -0.2) is 0 Å². The summed E-state index contributed by atoms with van der Waals surface area (Å²) in [7, 11) is 0. The van der Waals surface area contributed by atoms with Crippen molar-refractivity contribution in [3.63, 3.8) is 0 Å². The maximum absolute atomic E-state index is 11.1. The van der Waals surface area contributed by atoms with E-state index in [0.717, 1.165) is 5.92 Å². The highest BCUT2D eigenvalue weighted by Gasteiger charge is 2.53. The minimum absolute atomic E-state index is 0.181. The Bertz CT molecular complexity index is 312. The van der Waals surface area contributed by atoms with Gasteiger partial charge in [-0.15, -0.1) is 0 Å². The van der Waals surface area contributed by atoms with E-state index in [1.165, 1.54) is 25.7 Å². The van der Waals surface area contributed by atoms with Gasteiger partial charge in [0.15, 0.2) is 5.78 Å². The molecule has 90 valence electrons. The van der Waals surface area contributed by atoms with Gasteiger partial charge >= 0.3 is 0 Å². The van der Waals surface area contributed by atoms with Crippen LogP contribution in [0.3, 0.4) is 0 Å². The van der Waals surface area contributed by atoms with E-state index in [1.807, 2.05) is 0 Å². The molecular formula is C15H24O. The molecule has 0 radical (unpaired) electrons. The highest BCUT2D eigenvalue weighted by molar-refractivity contribution is 5.87. The number of hydrogen-bond donors (Lipinski definition) is 0. The Balaban J connectivity index is 2.29. The molecule has 0 spiro atoms.